The molecule has 2 aliphatic heterocycles. The van der Waals surface area contributed by atoms with Crippen LogP contribution in [-0.4, -0.2) is 40.9 Å². The minimum atomic E-state index is -4.65. The molecule has 2 aliphatic rings. The van der Waals surface area contributed by atoms with E-state index in [1.54, 1.807) is 6.92 Å². The molecule has 0 aliphatic carbocycles. The van der Waals surface area contributed by atoms with E-state index in [9.17, 15) is 18.3 Å². The van der Waals surface area contributed by atoms with Crippen LogP contribution in [0.2, 0.25) is 5.02 Å². The molecule has 0 amide bonds. The van der Waals surface area contributed by atoms with Gasteiger partial charge in [-0.1, -0.05) is 11.6 Å². The first kappa shape index (κ1) is 16.5. The number of ether oxygens (including phenoxy) is 1. The molecular weight excluding hydrogens is 347 g/mol. The molecule has 5 nitrogen and oxygen atoms in total. The highest BCUT2D eigenvalue weighted by atomic mass is 35.5. The maximum absolute atomic E-state index is 13.1. The number of fused-ring (bicyclic) bond motifs is 1. The van der Waals surface area contributed by atoms with Crippen molar-refractivity contribution in [3.63, 3.8) is 0 Å². The fourth-order valence-electron chi connectivity index (χ4n) is 2.67. The van der Waals surface area contributed by atoms with Crippen LogP contribution in [0.3, 0.4) is 0 Å². The van der Waals surface area contributed by atoms with Gasteiger partial charge in [-0.2, -0.15) is 23.4 Å². The maximum atomic E-state index is 13.1. The normalized spacial score (nSPS) is 24.6. The highest BCUT2D eigenvalue weighted by Gasteiger charge is 2.58. The third-order valence-electron chi connectivity index (χ3n) is 3.92. The van der Waals surface area contributed by atoms with Crippen molar-refractivity contribution in [2.45, 2.75) is 25.2 Å². The summed E-state index contributed by atoms with van der Waals surface area (Å²) in [4.78, 5) is 5.35. The summed E-state index contributed by atoms with van der Waals surface area (Å²) in [5.74, 6) is -0.392. The summed E-state index contributed by atoms with van der Waals surface area (Å²) in [6.45, 7) is 1.67. The number of halogens is 4. The molecule has 0 unspecified atom stereocenters. The Balaban J connectivity index is 2.01. The van der Waals surface area contributed by atoms with E-state index < -0.39 is 24.1 Å². The highest BCUT2D eigenvalue weighted by molar-refractivity contribution is 6.32. The Morgan fingerprint density at radius 1 is 1.46 bits per heavy atom. The molecule has 3 rings (SSSR count). The van der Waals surface area contributed by atoms with Crippen LogP contribution in [0.5, 0.6) is 0 Å². The second kappa shape index (κ2) is 5.60. The van der Waals surface area contributed by atoms with Gasteiger partial charge < -0.3 is 14.7 Å². The number of aliphatic hydroxyl groups excluding tert-OH is 1. The van der Waals surface area contributed by atoms with Gasteiger partial charge >= 0.3 is 6.18 Å². The van der Waals surface area contributed by atoms with E-state index in [-0.39, 0.29) is 23.2 Å². The Morgan fingerprint density at radius 3 is 2.79 bits per heavy atom. The van der Waals surface area contributed by atoms with Crippen LogP contribution >= 0.6 is 11.6 Å². The quantitative estimate of drug-likeness (QED) is 0.834. The van der Waals surface area contributed by atoms with Crippen LogP contribution in [0.15, 0.2) is 29.0 Å². The molecule has 0 spiro atoms. The molecule has 0 saturated carbocycles. The number of nitriles is 1. The molecule has 1 aromatic carbocycles. The number of aliphatic imine (C=N–C) groups is 1. The second-order valence-electron chi connectivity index (χ2n) is 5.38. The summed E-state index contributed by atoms with van der Waals surface area (Å²) in [5.41, 5.74) is 0.995. The summed E-state index contributed by atoms with van der Waals surface area (Å²) in [6.07, 6.45) is -5.55. The van der Waals surface area contributed by atoms with Crippen molar-refractivity contribution >= 4 is 23.3 Å². The van der Waals surface area contributed by atoms with E-state index in [1.807, 2.05) is 6.07 Å². The van der Waals surface area contributed by atoms with Crippen LogP contribution in [0.1, 0.15) is 11.1 Å². The molecule has 0 bridgehead atoms. The van der Waals surface area contributed by atoms with Gasteiger partial charge in [0.1, 0.15) is 17.9 Å². The zero-order valence-corrected chi connectivity index (χ0v) is 13.1. The predicted octanol–water partition coefficient (Wildman–Crippen LogP) is 3.59. The van der Waals surface area contributed by atoms with E-state index in [4.69, 9.17) is 21.6 Å². The maximum Gasteiger partial charge on any atom is 0.428 e. The standard InChI is InChI=1S/C15H11ClF3N3O2/c1-7-9(3-2-8(6-20)11(7)16)21-14-22-5-4-10(23)12(22)13(24-14)15(17,18)19/h2-4,12-13,23H,5H2,1H3/t12-,13-/m1/s1. The van der Waals surface area contributed by atoms with Gasteiger partial charge in [0.05, 0.1) is 16.3 Å². The van der Waals surface area contributed by atoms with E-state index >= 15 is 0 Å². The molecule has 24 heavy (non-hydrogen) atoms. The van der Waals surface area contributed by atoms with E-state index in [0.29, 0.717) is 11.3 Å². The zero-order chi connectivity index (χ0) is 17.6. The van der Waals surface area contributed by atoms with Gasteiger partial charge in [-0.15, -0.1) is 0 Å². The summed E-state index contributed by atoms with van der Waals surface area (Å²) in [6, 6.07) is 3.25. The van der Waals surface area contributed by atoms with Crippen molar-refractivity contribution in [2.24, 2.45) is 4.99 Å². The Morgan fingerprint density at radius 2 is 2.17 bits per heavy atom. The largest absolute Gasteiger partial charge is 0.510 e. The monoisotopic (exact) mass is 357 g/mol. The average Bonchev–Trinajstić information content (AvgIpc) is 3.06. The van der Waals surface area contributed by atoms with Crippen molar-refractivity contribution in [3.8, 4) is 6.07 Å². The Hall–Kier alpha value is -2.40. The van der Waals surface area contributed by atoms with Gasteiger partial charge in [-0.05, 0) is 30.7 Å². The van der Waals surface area contributed by atoms with E-state index in [0.717, 1.165) is 0 Å². The number of benzene rings is 1. The summed E-state index contributed by atoms with van der Waals surface area (Å²) in [7, 11) is 0. The third-order valence-corrected chi connectivity index (χ3v) is 4.40. The summed E-state index contributed by atoms with van der Waals surface area (Å²) >= 11 is 6.04. The van der Waals surface area contributed by atoms with Crippen LogP contribution in [0.25, 0.3) is 0 Å². The molecule has 1 saturated heterocycles. The molecule has 0 radical (unpaired) electrons. The molecule has 1 N–H and O–H groups in total. The lowest BCUT2D eigenvalue weighted by molar-refractivity contribution is -0.197. The number of hydrogen-bond acceptors (Lipinski definition) is 4. The van der Waals surface area contributed by atoms with Gasteiger partial charge in [0.2, 0.25) is 6.10 Å². The minimum Gasteiger partial charge on any atom is -0.510 e. The first-order valence-corrected chi connectivity index (χ1v) is 7.28. The molecule has 0 aromatic heterocycles. The van der Waals surface area contributed by atoms with Crippen LogP contribution in [-0.2, 0) is 4.74 Å². The fraction of sp³-hybridized carbons (Fsp3) is 0.333. The van der Waals surface area contributed by atoms with Gasteiger partial charge in [0, 0.05) is 6.54 Å². The minimum absolute atomic E-state index is 0.0605. The number of hydrogen-bond donors (Lipinski definition) is 1. The molecule has 9 heteroatoms. The lowest BCUT2D eigenvalue weighted by atomic mass is 10.1. The van der Waals surface area contributed by atoms with Gasteiger partial charge in [0.25, 0.3) is 6.02 Å². The smallest absolute Gasteiger partial charge is 0.428 e. The van der Waals surface area contributed by atoms with Crippen molar-refractivity contribution in [1.29, 1.82) is 5.26 Å². The molecule has 1 aromatic rings. The number of aliphatic hydroxyl groups is 1. The van der Waals surface area contributed by atoms with Crippen LogP contribution in [0.4, 0.5) is 18.9 Å². The third kappa shape index (κ3) is 2.55. The van der Waals surface area contributed by atoms with E-state index in [2.05, 4.69) is 4.99 Å². The fourth-order valence-corrected chi connectivity index (χ4v) is 2.87. The average molecular weight is 358 g/mol. The second-order valence-corrected chi connectivity index (χ2v) is 5.76. The van der Waals surface area contributed by atoms with Crippen molar-refractivity contribution in [3.05, 3.63) is 40.1 Å². The first-order valence-electron chi connectivity index (χ1n) is 6.91. The lowest BCUT2D eigenvalue weighted by Gasteiger charge is -2.19. The lowest BCUT2D eigenvalue weighted by Crippen LogP contribution is -2.41. The predicted molar refractivity (Wildman–Crippen MR) is 80.1 cm³/mol. The van der Waals surface area contributed by atoms with Crippen molar-refractivity contribution < 1.29 is 23.0 Å². The molecular formula is C15H11ClF3N3O2. The highest BCUT2D eigenvalue weighted by Crippen LogP contribution is 2.39. The molecule has 2 atom stereocenters. The Labute approximate surface area is 140 Å². The number of rotatable bonds is 1. The molecule has 126 valence electrons. The van der Waals surface area contributed by atoms with Gasteiger partial charge in [-0.3, -0.25) is 0 Å². The Kier molecular flexibility index (Phi) is 3.84. The van der Waals surface area contributed by atoms with Gasteiger partial charge in [-0.25, -0.2) is 0 Å². The first-order chi connectivity index (χ1) is 11.2. The van der Waals surface area contributed by atoms with Crippen molar-refractivity contribution in [1.82, 2.24) is 4.90 Å². The number of amidine groups is 1. The van der Waals surface area contributed by atoms with E-state index in [1.165, 1.54) is 23.1 Å². The number of alkyl halides is 3. The molecule has 2 heterocycles. The summed E-state index contributed by atoms with van der Waals surface area (Å²) < 4.78 is 44.3. The summed E-state index contributed by atoms with van der Waals surface area (Å²) in [5, 5.41) is 18.8. The molecule has 1 fully saturated rings. The Bertz CT molecular complexity index is 798. The van der Waals surface area contributed by atoms with Crippen LogP contribution in [0, 0.1) is 18.3 Å². The SMILES string of the molecule is Cc1c(N=C2O[C@@H](C(F)(F)F)[C@H]3C(O)=CCN23)ccc(C#N)c1Cl. The zero-order valence-electron chi connectivity index (χ0n) is 12.3. The van der Waals surface area contributed by atoms with Crippen molar-refractivity contribution in [2.75, 3.05) is 6.54 Å². The van der Waals surface area contributed by atoms with Crippen LogP contribution < -0.4 is 0 Å². The van der Waals surface area contributed by atoms with Gasteiger partial charge in [0.15, 0.2) is 0 Å². The topological polar surface area (TPSA) is 68.8 Å². The number of nitrogens with zero attached hydrogens (tertiary/aromatic N) is 3.